The van der Waals surface area contributed by atoms with Crippen molar-refractivity contribution in [3.63, 3.8) is 0 Å². The molecule has 6 heteroatoms. The van der Waals surface area contributed by atoms with Gasteiger partial charge in [0.25, 0.3) is 0 Å². The summed E-state index contributed by atoms with van der Waals surface area (Å²) in [4.78, 5) is 0. The molecule has 1 heterocycles. The zero-order valence-corrected chi connectivity index (χ0v) is 9.76. The molecule has 5 nitrogen and oxygen atoms in total. The maximum Gasteiger partial charge on any atom is 0.227 e. The van der Waals surface area contributed by atoms with Crippen LogP contribution in [0.1, 0.15) is 19.8 Å². The summed E-state index contributed by atoms with van der Waals surface area (Å²) in [5, 5.41) is 11.7. The molecule has 0 amide bonds. The summed E-state index contributed by atoms with van der Waals surface area (Å²) in [5.74, 6) is -0.412. The molecule has 1 rings (SSSR count). The fraction of sp³-hybridized carbons (Fsp3) is 0.889. The predicted molar refractivity (Wildman–Crippen MR) is 57.7 cm³/mol. The van der Waals surface area contributed by atoms with Crippen LogP contribution in [0.5, 0.6) is 0 Å². The van der Waals surface area contributed by atoms with Crippen molar-refractivity contribution in [3.05, 3.63) is 0 Å². The van der Waals surface area contributed by atoms with Gasteiger partial charge in [0.15, 0.2) is 5.75 Å². The molecule has 0 aromatic rings. The summed E-state index contributed by atoms with van der Waals surface area (Å²) in [5.41, 5.74) is 0. The molecule has 86 valence electrons. The van der Waals surface area contributed by atoms with Gasteiger partial charge in [0.2, 0.25) is 10.0 Å². The second kappa shape index (κ2) is 5.45. The Morgan fingerprint density at radius 3 is 2.53 bits per heavy atom. The number of rotatable bonds is 4. The fourth-order valence-electron chi connectivity index (χ4n) is 1.94. The van der Waals surface area contributed by atoms with Crippen molar-refractivity contribution in [1.29, 1.82) is 5.26 Å². The Labute approximate surface area is 91.1 Å². The van der Waals surface area contributed by atoms with Crippen LogP contribution in [0, 0.1) is 11.3 Å². The van der Waals surface area contributed by atoms with Gasteiger partial charge in [0.05, 0.1) is 6.07 Å². The summed E-state index contributed by atoms with van der Waals surface area (Å²) in [6, 6.07) is 1.78. The molecule has 1 aliphatic heterocycles. The second-order valence-corrected chi connectivity index (χ2v) is 5.52. The molecule has 0 radical (unpaired) electrons. The summed E-state index contributed by atoms with van der Waals surface area (Å²) < 4.78 is 25.0. The van der Waals surface area contributed by atoms with Crippen molar-refractivity contribution in [2.75, 3.05) is 25.4 Å². The predicted octanol–water partition coefficient (Wildman–Crippen LogP) is -0.0863. The van der Waals surface area contributed by atoms with Gasteiger partial charge in [-0.1, -0.05) is 6.92 Å². The topological polar surface area (TPSA) is 73.2 Å². The third-order valence-electron chi connectivity index (χ3n) is 2.63. The first-order valence-corrected chi connectivity index (χ1v) is 6.80. The Morgan fingerprint density at radius 1 is 1.47 bits per heavy atom. The van der Waals surface area contributed by atoms with E-state index in [1.165, 1.54) is 4.31 Å². The zero-order chi connectivity index (χ0) is 11.3. The second-order valence-electron chi connectivity index (χ2n) is 3.60. The van der Waals surface area contributed by atoms with Gasteiger partial charge in [-0.2, -0.15) is 9.57 Å². The van der Waals surface area contributed by atoms with E-state index in [2.05, 4.69) is 5.32 Å². The van der Waals surface area contributed by atoms with E-state index >= 15 is 0 Å². The van der Waals surface area contributed by atoms with Gasteiger partial charge in [-0.15, -0.1) is 0 Å². The Kier molecular flexibility index (Phi) is 4.51. The molecule has 0 aromatic heterocycles. The molecule has 0 spiro atoms. The third-order valence-corrected chi connectivity index (χ3v) is 4.40. The van der Waals surface area contributed by atoms with E-state index < -0.39 is 15.8 Å². The molecule has 15 heavy (non-hydrogen) atoms. The van der Waals surface area contributed by atoms with Gasteiger partial charge in [0.1, 0.15) is 0 Å². The smallest absolute Gasteiger partial charge is 0.227 e. The molecule has 0 aromatic carbocycles. The normalized spacial score (nSPS) is 19.0. The van der Waals surface area contributed by atoms with Gasteiger partial charge in [0, 0.05) is 12.6 Å². The highest BCUT2D eigenvalue weighted by molar-refractivity contribution is 7.89. The quantitative estimate of drug-likeness (QED) is 0.734. The van der Waals surface area contributed by atoms with Gasteiger partial charge in [-0.25, -0.2) is 8.42 Å². The van der Waals surface area contributed by atoms with Crippen LogP contribution in [0.3, 0.4) is 0 Å². The number of sulfonamides is 1. The zero-order valence-electron chi connectivity index (χ0n) is 8.94. The molecule has 1 N–H and O–H groups in total. The standard InChI is InChI=1S/C9H17N3O2S/c1-2-12(15(13,14)8-5-10)9-3-6-11-7-4-9/h9,11H,2-4,6-8H2,1H3. The fourth-order valence-corrected chi connectivity index (χ4v) is 3.33. The highest BCUT2D eigenvalue weighted by Crippen LogP contribution is 2.15. The van der Waals surface area contributed by atoms with Crippen LogP contribution < -0.4 is 5.32 Å². The van der Waals surface area contributed by atoms with Gasteiger partial charge in [-0.3, -0.25) is 0 Å². The third kappa shape index (κ3) is 3.16. The average molecular weight is 231 g/mol. The summed E-state index contributed by atoms with van der Waals surface area (Å²) >= 11 is 0. The van der Waals surface area contributed by atoms with Crippen LogP contribution in [0.4, 0.5) is 0 Å². The van der Waals surface area contributed by atoms with E-state index in [9.17, 15) is 8.42 Å². The first kappa shape index (κ1) is 12.4. The van der Waals surface area contributed by atoms with E-state index in [-0.39, 0.29) is 6.04 Å². The molecule has 1 aliphatic rings. The minimum atomic E-state index is -3.38. The molecule has 0 atom stereocenters. The van der Waals surface area contributed by atoms with Gasteiger partial charge < -0.3 is 5.32 Å². The molecule has 0 bridgehead atoms. The van der Waals surface area contributed by atoms with Crippen molar-refractivity contribution in [2.45, 2.75) is 25.8 Å². The van der Waals surface area contributed by atoms with E-state index in [0.717, 1.165) is 25.9 Å². The molecule has 1 fully saturated rings. The largest absolute Gasteiger partial charge is 0.317 e. The number of nitrogens with zero attached hydrogens (tertiary/aromatic N) is 2. The van der Waals surface area contributed by atoms with E-state index in [4.69, 9.17) is 5.26 Å². The summed E-state index contributed by atoms with van der Waals surface area (Å²) in [6.45, 7) is 3.97. The Hall–Kier alpha value is -0.640. The lowest BCUT2D eigenvalue weighted by Crippen LogP contribution is -2.46. The maximum atomic E-state index is 11.7. The molecular formula is C9H17N3O2S. The van der Waals surface area contributed by atoms with Crippen molar-refractivity contribution in [3.8, 4) is 6.07 Å². The number of hydrogen-bond donors (Lipinski definition) is 1. The first-order valence-electron chi connectivity index (χ1n) is 5.19. The van der Waals surface area contributed by atoms with Crippen LogP contribution in [0.25, 0.3) is 0 Å². The maximum absolute atomic E-state index is 11.7. The Balaban J connectivity index is 2.74. The van der Waals surface area contributed by atoms with Gasteiger partial charge in [-0.05, 0) is 25.9 Å². The minimum Gasteiger partial charge on any atom is -0.317 e. The van der Waals surface area contributed by atoms with Crippen molar-refractivity contribution >= 4 is 10.0 Å². The van der Waals surface area contributed by atoms with E-state index in [0.29, 0.717) is 6.54 Å². The van der Waals surface area contributed by atoms with Crippen LogP contribution in [-0.4, -0.2) is 44.2 Å². The van der Waals surface area contributed by atoms with E-state index in [1.807, 2.05) is 6.92 Å². The van der Waals surface area contributed by atoms with Crippen LogP contribution in [0.15, 0.2) is 0 Å². The lowest BCUT2D eigenvalue weighted by Gasteiger charge is -2.32. The number of piperidine rings is 1. The number of nitrogens with one attached hydrogen (secondary N) is 1. The van der Waals surface area contributed by atoms with Crippen molar-refractivity contribution < 1.29 is 8.42 Å². The van der Waals surface area contributed by atoms with Crippen LogP contribution in [-0.2, 0) is 10.0 Å². The average Bonchev–Trinajstić information content (AvgIpc) is 2.19. The lowest BCUT2D eigenvalue weighted by molar-refractivity contribution is 0.271. The highest BCUT2D eigenvalue weighted by atomic mass is 32.2. The molecule has 0 unspecified atom stereocenters. The van der Waals surface area contributed by atoms with E-state index in [1.54, 1.807) is 6.07 Å². The number of hydrogen-bond acceptors (Lipinski definition) is 4. The van der Waals surface area contributed by atoms with Crippen LogP contribution >= 0.6 is 0 Å². The minimum absolute atomic E-state index is 0.0644. The van der Waals surface area contributed by atoms with Crippen molar-refractivity contribution in [2.24, 2.45) is 0 Å². The highest BCUT2D eigenvalue weighted by Gasteiger charge is 2.29. The first-order chi connectivity index (χ1) is 7.11. The van der Waals surface area contributed by atoms with Gasteiger partial charge >= 0.3 is 0 Å². The molecule has 0 saturated carbocycles. The molecule has 0 aliphatic carbocycles. The lowest BCUT2D eigenvalue weighted by atomic mass is 10.1. The molecule has 1 saturated heterocycles. The monoisotopic (exact) mass is 231 g/mol. The molecular weight excluding hydrogens is 214 g/mol. The summed E-state index contributed by atoms with van der Waals surface area (Å²) in [7, 11) is -3.38. The Bertz CT molecular complexity index is 328. The Morgan fingerprint density at radius 2 is 2.07 bits per heavy atom. The van der Waals surface area contributed by atoms with Crippen LogP contribution in [0.2, 0.25) is 0 Å². The van der Waals surface area contributed by atoms with Crippen molar-refractivity contribution in [1.82, 2.24) is 9.62 Å². The SMILES string of the molecule is CCN(C1CCNCC1)S(=O)(=O)CC#N. The summed E-state index contributed by atoms with van der Waals surface area (Å²) in [6.07, 6.45) is 1.66. The number of nitriles is 1.